The van der Waals surface area contributed by atoms with E-state index < -0.39 is 31.9 Å². The zero-order valence-corrected chi connectivity index (χ0v) is 20.9. The molecule has 0 radical (unpaired) electrons. The number of alkyl halides is 3. The maximum atomic E-state index is 14.2. The second-order valence-electron chi connectivity index (χ2n) is 9.92. The van der Waals surface area contributed by atoms with E-state index in [9.17, 15) is 23.1 Å². The molecule has 184 valence electrons. The zero-order chi connectivity index (χ0) is 24.7. The average Bonchev–Trinajstić information content (AvgIpc) is 2.97. The quantitative estimate of drug-likeness (QED) is 0.472. The third-order valence-corrected chi connectivity index (χ3v) is 7.79. The number of carbonyl (C=O) groups is 1. The van der Waals surface area contributed by atoms with Gasteiger partial charge in [-0.15, -0.1) is 0 Å². The van der Waals surface area contributed by atoms with Crippen molar-refractivity contribution in [2.45, 2.75) is 71.4 Å². The Balaban J connectivity index is 2.05. The highest BCUT2D eigenvalue weighted by molar-refractivity contribution is 6.76. The van der Waals surface area contributed by atoms with Crippen LogP contribution in [0.3, 0.4) is 0 Å². The third-order valence-electron chi connectivity index (χ3n) is 6.08. The van der Waals surface area contributed by atoms with Gasteiger partial charge in [0.2, 0.25) is 0 Å². The van der Waals surface area contributed by atoms with E-state index in [1.807, 2.05) is 0 Å². The van der Waals surface area contributed by atoms with Crippen LogP contribution in [-0.4, -0.2) is 70.5 Å². The number of halogens is 3. The molecule has 1 aliphatic rings. The van der Waals surface area contributed by atoms with E-state index in [1.165, 1.54) is 22.7 Å². The molecule has 0 spiro atoms. The van der Waals surface area contributed by atoms with Crippen LogP contribution in [0.2, 0.25) is 25.7 Å². The van der Waals surface area contributed by atoms with Crippen molar-refractivity contribution in [2.75, 3.05) is 24.6 Å². The van der Waals surface area contributed by atoms with E-state index in [0.717, 1.165) is 6.04 Å². The molecule has 8 nitrogen and oxygen atoms in total. The fraction of sp³-hybridized carbons (Fsp3) is 0.667. The Morgan fingerprint density at radius 1 is 1.21 bits per heavy atom. The number of aromatic nitrogens is 3. The lowest BCUT2D eigenvalue weighted by Crippen LogP contribution is -2.58. The molecule has 1 aliphatic heterocycles. The maximum Gasteiger partial charge on any atom is 0.418 e. The van der Waals surface area contributed by atoms with Gasteiger partial charge in [0.1, 0.15) is 24.5 Å². The van der Waals surface area contributed by atoms with Gasteiger partial charge >= 0.3 is 12.3 Å². The van der Waals surface area contributed by atoms with Gasteiger partial charge in [-0.1, -0.05) is 19.6 Å². The molecule has 33 heavy (non-hydrogen) atoms. The summed E-state index contributed by atoms with van der Waals surface area (Å²) in [6.45, 7) is 12.4. The Morgan fingerprint density at radius 3 is 2.45 bits per heavy atom. The van der Waals surface area contributed by atoms with Crippen molar-refractivity contribution in [2.24, 2.45) is 0 Å². The molecule has 0 aromatic carbocycles. The highest BCUT2D eigenvalue weighted by Gasteiger charge is 2.41. The second-order valence-corrected chi connectivity index (χ2v) is 15.5. The van der Waals surface area contributed by atoms with Gasteiger partial charge in [0.25, 0.3) is 0 Å². The molecule has 2 aromatic heterocycles. The molecule has 1 unspecified atom stereocenters. The zero-order valence-electron chi connectivity index (χ0n) is 19.9. The van der Waals surface area contributed by atoms with Gasteiger partial charge in [0, 0.05) is 45.5 Å². The molecular formula is C21H32F3N5O3Si. The lowest BCUT2D eigenvalue weighted by molar-refractivity contribution is -0.137. The van der Waals surface area contributed by atoms with Crippen LogP contribution in [0.25, 0.3) is 11.0 Å². The molecule has 2 aromatic rings. The lowest BCUT2D eigenvalue weighted by Gasteiger charge is -2.43. The molecule has 1 fully saturated rings. The summed E-state index contributed by atoms with van der Waals surface area (Å²) in [4.78, 5) is 23.0. The fourth-order valence-corrected chi connectivity index (χ4v) is 4.97. The van der Waals surface area contributed by atoms with E-state index in [0.29, 0.717) is 6.61 Å². The second kappa shape index (κ2) is 9.13. The number of hydrogen-bond acceptors (Lipinski definition) is 5. The van der Waals surface area contributed by atoms with Crippen LogP contribution in [0.1, 0.15) is 25.1 Å². The molecule has 1 N–H and O–H groups in total. The molecule has 2 atom stereocenters. The Labute approximate surface area is 192 Å². The van der Waals surface area contributed by atoms with E-state index in [4.69, 9.17) is 4.74 Å². The number of carboxylic acid groups (broad SMARTS) is 1. The summed E-state index contributed by atoms with van der Waals surface area (Å²) in [7, 11) is -1.34. The van der Waals surface area contributed by atoms with Crippen molar-refractivity contribution in [1.82, 2.24) is 19.4 Å². The SMILES string of the molecule is Cc1c(C(F)(F)F)c2c(N3C[C@H](C)N(C(=O)O)CC3C)ncnc2n1COCC[Si](C)(C)C. The number of rotatable bonds is 6. The first-order valence-electron chi connectivity index (χ1n) is 11.0. The van der Waals surface area contributed by atoms with Gasteiger partial charge in [-0.25, -0.2) is 14.8 Å². The van der Waals surface area contributed by atoms with Gasteiger partial charge in [0.05, 0.1) is 10.9 Å². The Morgan fingerprint density at radius 2 is 1.88 bits per heavy atom. The van der Waals surface area contributed by atoms with Crippen LogP contribution in [0.15, 0.2) is 6.33 Å². The molecule has 1 saturated heterocycles. The standard InChI is InChI=1S/C21H32F3N5O3Si/c1-13-10-28(20(30)31)14(2)9-27(13)18-16-17(21(22,23)24)15(3)29(19(16)26-11-25-18)12-32-7-8-33(4,5)6/h11,13-14H,7-10,12H2,1-6H3,(H,30,31)/t13?,14-/m0/s1. The molecule has 0 saturated carbocycles. The van der Waals surface area contributed by atoms with Crippen molar-refractivity contribution in [3.63, 3.8) is 0 Å². The Bertz CT molecular complexity index is 1020. The molecule has 0 aliphatic carbocycles. The Kier molecular flexibility index (Phi) is 6.99. The topological polar surface area (TPSA) is 83.7 Å². The van der Waals surface area contributed by atoms with Crippen molar-refractivity contribution >= 4 is 31.0 Å². The smallest absolute Gasteiger partial charge is 0.418 e. The molecule has 1 amide bonds. The summed E-state index contributed by atoms with van der Waals surface area (Å²) in [6, 6.07) is 0.153. The number of fused-ring (bicyclic) bond motifs is 1. The predicted octanol–water partition coefficient (Wildman–Crippen LogP) is 4.65. The Hall–Kier alpha value is -2.34. The first-order chi connectivity index (χ1) is 15.2. The molecule has 12 heteroatoms. The van der Waals surface area contributed by atoms with Gasteiger partial charge in [-0.2, -0.15) is 13.2 Å². The van der Waals surface area contributed by atoms with Crippen molar-refractivity contribution in [3.8, 4) is 0 Å². The number of piperazine rings is 1. The van der Waals surface area contributed by atoms with Crippen LogP contribution >= 0.6 is 0 Å². The van der Waals surface area contributed by atoms with Crippen LogP contribution in [-0.2, 0) is 17.6 Å². The monoisotopic (exact) mass is 487 g/mol. The number of nitrogens with zero attached hydrogens (tertiary/aromatic N) is 5. The molecule has 0 bridgehead atoms. The number of amides is 1. The number of anilines is 1. The first kappa shape index (κ1) is 25.3. The summed E-state index contributed by atoms with van der Waals surface area (Å²) >= 11 is 0. The summed E-state index contributed by atoms with van der Waals surface area (Å²) in [5.41, 5.74) is -0.585. The summed E-state index contributed by atoms with van der Waals surface area (Å²) in [5, 5.41) is 9.35. The van der Waals surface area contributed by atoms with Crippen LogP contribution in [0.4, 0.5) is 23.8 Å². The highest BCUT2D eigenvalue weighted by atomic mass is 28.3. The lowest BCUT2D eigenvalue weighted by atomic mass is 10.1. The van der Waals surface area contributed by atoms with Crippen LogP contribution in [0, 0.1) is 6.92 Å². The number of hydrogen-bond donors (Lipinski definition) is 1. The van der Waals surface area contributed by atoms with E-state index in [1.54, 1.807) is 18.7 Å². The van der Waals surface area contributed by atoms with E-state index >= 15 is 0 Å². The third kappa shape index (κ3) is 5.26. The minimum absolute atomic E-state index is 0.0251. The molecule has 3 heterocycles. The molecular weight excluding hydrogens is 455 g/mol. The first-order valence-corrected chi connectivity index (χ1v) is 14.7. The fourth-order valence-electron chi connectivity index (χ4n) is 4.22. The summed E-state index contributed by atoms with van der Waals surface area (Å²) in [6.07, 6.45) is -4.39. The van der Waals surface area contributed by atoms with Gasteiger partial charge in [-0.05, 0) is 26.8 Å². The van der Waals surface area contributed by atoms with Gasteiger partial charge in [-0.3, -0.25) is 0 Å². The van der Waals surface area contributed by atoms with E-state index in [-0.39, 0.29) is 48.4 Å². The largest absolute Gasteiger partial charge is 0.465 e. The van der Waals surface area contributed by atoms with Crippen molar-refractivity contribution in [3.05, 3.63) is 17.6 Å². The predicted molar refractivity (Wildman–Crippen MR) is 122 cm³/mol. The minimum Gasteiger partial charge on any atom is -0.465 e. The van der Waals surface area contributed by atoms with E-state index in [2.05, 4.69) is 29.6 Å². The minimum atomic E-state index is -4.61. The summed E-state index contributed by atoms with van der Waals surface area (Å²) < 4.78 is 49.9. The van der Waals surface area contributed by atoms with Gasteiger partial charge < -0.3 is 24.2 Å². The summed E-state index contributed by atoms with van der Waals surface area (Å²) in [5.74, 6) is 0.167. The maximum absolute atomic E-state index is 14.2. The van der Waals surface area contributed by atoms with Gasteiger partial charge in [0.15, 0.2) is 0 Å². The van der Waals surface area contributed by atoms with Crippen molar-refractivity contribution in [1.29, 1.82) is 0 Å². The normalized spacial score (nSPS) is 20.0. The van der Waals surface area contributed by atoms with Crippen LogP contribution in [0.5, 0.6) is 0 Å². The number of ether oxygens (including phenoxy) is 1. The van der Waals surface area contributed by atoms with Crippen LogP contribution < -0.4 is 4.90 Å². The molecule has 3 rings (SSSR count). The average molecular weight is 488 g/mol. The van der Waals surface area contributed by atoms with Crippen molar-refractivity contribution < 1.29 is 27.8 Å². The highest BCUT2D eigenvalue weighted by Crippen LogP contribution is 2.42.